The van der Waals surface area contributed by atoms with Crippen molar-refractivity contribution in [1.29, 1.82) is 0 Å². The van der Waals surface area contributed by atoms with Gasteiger partial charge >= 0.3 is 6.03 Å². The summed E-state index contributed by atoms with van der Waals surface area (Å²) in [4.78, 5) is 39.7. The molecule has 0 bridgehead atoms. The second kappa shape index (κ2) is 8.57. The number of urea groups is 1. The molecule has 1 aromatic heterocycles. The molecule has 1 saturated heterocycles. The molecule has 2 N–H and O–H groups in total. The van der Waals surface area contributed by atoms with Crippen molar-refractivity contribution in [1.82, 2.24) is 9.80 Å². The van der Waals surface area contributed by atoms with Gasteiger partial charge in [0.25, 0.3) is 5.91 Å². The monoisotopic (exact) mass is 418 g/mol. The van der Waals surface area contributed by atoms with E-state index in [9.17, 15) is 14.4 Å². The van der Waals surface area contributed by atoms with Gasteiger partial charge in [0, 0.05) is 38.8 Å². The van der Waals surface area contributed by atoms with Crippen molar-refractivity contribution in [2.24, 2.45) is 0 Å². The van der Waals surface area contributed by atoms with Crippen molar-refractivity contribution in [3.8, 4) is 0 Å². The molecule has 2 aromatic rings. The molecule has 0 unspecified atom stereocenters. The number of aryl methyl sites for hydroxylation is 2. The van der Waals surface area contributed by atoms with Gasteiger partial charge in [0.15, 0.2) is 0 Å². The first-order chi connectivity index (χ1) is 13.7. The molecule has 0 aliphatic carbocycles. The third-order valence-corrected chi connectivity index (χ3v) is 4.97. The summed E-state index contributed by atoms with van der Waals surface area (Å²) in [6.07, 6.45) is 0. The second-order valence-electron chi connectivity index (χ2n) is 6.91. The number of benzene rings is 1. The van der Waals surface area contributed by atoms with Gasteiger partial charge in [-0.15, -0.1) is 0 Å². The summed E-state index contributed by atoms with van der Waals surface area (Å²) in [7, 11) is 0. The highest BCUT2D eigenvalue weighted by Gasteiger charge is 2.27. The SMILES string of the molecule is CC(=O)Nc1ccc(NC(=O)N2CCN(C(=O)c3cc(C)oc3C)CC2)c(Cl)c1. The Hall–Kier alpha value is -3.00. The lowest BCUT2D eigenvalue weighted by molar-refractivity contribution is -0.114. The van der Waals surface area contributed by atoms with E-state index >= 15 is 0 Å². The summed E-state index contributed by atoms with van der Waals surface area (Å²) in [5.41, 5.74) is 1.57. The highest BCUT2D eigenvalue weighted by atomic mass is 35.5. The third kappa shape index (κ3) is 4.89. The highest BCUT2D eigenvalue weighted by molar-refractivity contribution is 6.34. The molecule has 1 aliphatic rings. The Morgan fingerprint density at radius 1 is 1.00 bits per heavy atom. The maximum atomic E-state index is 12.7. The molecule has 0 spiro atoms. The van der Waals surface area contributed by atoms with Gasteiger partial charge in [-0.05, 0) is 38.1 Å². The topological polar surface area (TPSA) is 94.9 Å². The number of anilines is 2. The van der Waals surface area contributed by atoms with Gasteiger partial charge < -0.3 is 24.9 Å². The van der Waals surface area contributed by atoms with Crippen LogP contribution >= 0.6 is 11.6 Å². The van der Waals surface area contributed by atoms with Crippen LogP contribution in [0.15, 0.2) is 28.7 Å². The molecule has 9 heteroatoms. The molecule has 0 atom stereocenters. The number of halogens is 1. The normalized spacial score (nSPS) is 13.9. The third-order valence-electron chi connectivity index (χ3n) is 4.66. The molecule has 0 radical (unpaired) electrons. The van der Waals surface area contributed by atoms with E-state index in [2.05, 4.69) is 10.6 Å². The zero-order chi connectivity index (χ0) is 21.1. The molecule has 154 valence electrons. The molecule has 2 heterocycles. The molecular formula is C20H23ClN4O4. The standard InChI is InChI=1S/C20H23ClN4O4/c1-12-10-16(13(2)29-12)19(27)24-6-8-25(9-7-24)20(28)23-18-5-4-15(11-17(18)21)22-14(3)26/h4-5,10-11H,6-9H2,1-3H3,(H,22,26)(H,23,28). The van der Waals surface area contributed by atoms with Crippen LogP contribution in [0, 0.1) is 13.8 Å². The predicted molar refractivity (Wildman–Crippen MR) is 110 cm³/mol. The number of hydrogen-bond donors (Lipinski definition) is 2. The Balaban J connectivity index is 1.57. The van der Waals surface area contributed by atoms with Gasteiger partial charge in [-0.2, -0.15) is 0 Å². The molecule has 0 saturated carbocycles. The van der Waals surface area contributed by atoms with E-state index in [1.165, 1.54) is 6.92 Å². The van der Waals surface area contributed by atoms with E-state index in [1.807, 2.05) is 0 Å². The molecule has 1 aliphatic heterocycles. The van der Waals surface area contributed by atoms with E-state index in [1.54, 1.807) is 47.9 Å². The van der Waals surface area contributed by atoms with Gasteiger partial charge in [0.2, 0.25) is 5.91 Å². The summed E-state index contributed by atoms with van der Waals surface area (Å²) in [5, 5.41) is 5.73. The van der Waals surface area contributed by atoms with Crippen molar-refractivity contribution in [2.75, 3.05) is 36.8 Å². The number of nitrogens with one attached hydrogen (secondary N) is 2. The molecule has 1 aromatic carbocycles. The number of rotatable bonds is 3. The van der Waals surface area contributed by atoms with Crippen molar-refractivity contribution in [3.05, 3.63) is 46.4 Å². The van der Waals surface area contributed by atoms with Crippen LogP contribution < -0.4 is 10.6 Å². The lowest BCUT2D eigenvalue weighted by atomic mass is 10.2. The Morgan fingerprint density at radius 2 is 1.66 bits per heavy atom. The molecule has 29 heavy (non-hydrogen) atoms. The number of carbonyl (C=O) groups excluding carboxylic acids is 3. The maximum absolute atomic E-state index is 12.7. The van der Waals surface area contributed by atoms with Crippen LogP contribution in [0.5, 0.6) is 0 Å². The van der Waals surface area contributed by atoms with Crippen LogP contribution in [0.25, 0.3) is 0 Å². The lowest BCUT2D eigenvalue weighted by Crippen LogP contribution is -2.51. The summed E-state index contributed by atoms with van der Waals surface area (Å²) in [6.45, 7) is 6.67. The predicted octanol–water partition coefficient (Wildman–Crippen LogP) is 3.50. The smallest absolute Gasteiger partial charge is 0.322 e. The second-order valence-corrected chi connectivity index (χ2v) is 7.32. The zero-order valence-corrected chi connectivity index (χ0v) is 17.3. The lowest BCUT2D eigenvalue weighted by Gasteiger charge is -2.34. The number of carbonyl (C=O) groups is 3. The number of nitrogens with zero attached hydrogens (tertiary/aromatic N) is 2. The first-order valence-corrected chi connectivity index (χ1v) is 9.62. The minimum Gasteiger partial charge on any atom is -0.466 e. The first kappa shape index (κ1) is 20.7. The van der Waals surface area contributed by atoms with Crippen LogP contribution in [0.1, 0.15) is 28.8 Å². The minimum absolute atomic E-state index is 0.0870. The Kier molecular flexibility index (Phi) is 6.12. The van der Waals surface area contributed by atoms with Crippen LogP contribution in [0.3, 0.4) is 0 Å². The van der Waals surface area contributed by atoms with Gasteiger partial charge in [-0.1, -0.05) is 11.6 Å². The van der Waals surface area contributed by atoms with E-state index in [0.29, 0.717) is 59.7 Å². The van der Waals surface area contributed by atoms with Crippen LogP contribution in [-0.4, -0.2) is 53.8 Å². The fourth-order valence-electron chi connectivity index (χ4n) is 3.22. The summed E-state index contributed by atoms with van der Waals surface area (Å²) in [5.74, 6) is 1.01. The van der Waals surface area contributed by atoms with E-state index < -0.39 is 0 Å². The molecule has 8 nitrogen and oxygen atoms in total. The Labute approximate surface area is 173 Å². The van der Waals surface area contributed by atoms with Crippen molar-refractivity contribution in [3.63, 3.8) is 0 Å². The van der Waals surface area contributed by atoms with Gasteiger partial charge in [-0.25, -0.2) is 4.79 Å². The number of amides is 4. The fourth-order valence-corrected chi connectivity index (χ4v) is 3.45. The Morgan fingerprint density at radius 3 is 2.21 bits per heavy atom. The average Bonchev–Trinajstić information content (AvgIpc) is 3.01. The number of hydrogen-bond acceptors (Lipinski definition) is 4. The quantitative estimate of drug-likeness (QED) is 0.797. The largest absolute Gasteiger partial charge is 0.466 e. The summed E-state index contributed by atoms with van der Waals surface area (Å²) >= 11 is 6.20. The molecule has 4 amide bonds. The van der Waals surface area contributed by atoms with E-state index in [4.69, 9.17) is 16.0 Å². The molecule has 3 rings (SSSR count). The Bertz CT molecular complexity index is 948. The number of piperazine rings is 1. The zero-order valence-electron chi connectivity index (χ0n) is 16.5. The first-order valence-electron chi connectivity index (χ1n) is 9.24. The molecular weight excluding hydrogens is 396 g/mol. The minimum atomic E-state index is -0.290. The summed E-state index contributed by atoms with van der Waals surface area (Å²) < 4.78 is 5.44. The number of furan rings is 1. The van der Waals surface area contributed by atoms with Gasteiger partial charge in [0.05, 0.1) is 16.3 Å². The summed E-state index contributed by atoms with van der Waals surface area (Å²) in [6, 6.07) is 6.32. The maximum Gasteiger partial charge on any atom is 0.322 e. The molecule has 1 fully saturated rings. The average molecular weight is 419 g/mol. The van der Waals surface area contributed by atoms with Crippen molar-refractivity contribution in [2.45, 2.75) is 20.8 Å². The van der Waals surface area contributed by atoms with Crippen molar-refractivity contribution >= 4 is 40.8 Å². The van der Waals surface area contributed by atoms with Gasteiger partial charge in [-0.3, -0.25) is 9.59 Å². The van der Waals surface area contributed by atoms with Crippen LogP contribution in [0.2, 0.25) is 5.02 Å². The van der Waals surface area contributed by atoms with Gasteiger partial charge in [0.1, 0.15) is 11.5 Å². The fraction of sp³-hybridized carbons (Fsp3) is 0.350. The van der Waals surface area contributed by atoms with E-state index in [0.717, 1.165) is 0 Å². The van der Waals surface area contributed by atoms with Crippen LogP contribution in [-0.2, 0) is 4.79 Å². The van der Waals surface area contributed by atoms with Crippen LogP contribution in [0.4, 0.5) is 16.2 Å². The van der Waals surface area contributed by atoms with Crippen molar-refractivity contribution < 1.29 is 18.8 Å². The highest BCUT2D eigenvalue weighted by Crippen LogP contribution is 2.26. The van der Waals surface area contributed by atoms with E-state index in [-0.39, 0.29) is 17.8 Å².